The van der Waals surface area contributed by atoms with Crippen LogP contribution in [0.3, 0.4) is 0 Å². The average molecular weight is 1170 g/mol. The molecule has 0 aliphatic heterocycles. The van der Waals surface area contributed by atoms with Gasteiger partial charge in [0.2, 0.25) is 0 Å². The third kappa shape index (κ3) is 17.0. The minimum absolute atomic E-state index is 0. The molecule has 78 heavy (non-hydrogen) atoms. The summed E-state index contributed by atoms with van der Waals surface area (Å²) < 4.78 is 0. The van der Waals surface area contributed by atoms with Crippen molar-refractivity contribution in [2.24, 2.45) is 0 Å². The van der Waals surface area contributed by atoms with Gasteiger partial charge in [0.05, 0.1) is 0 Å². The molecule has 0 fully saturated rings. The fourth-order valence-corrected chi connectivity index (χ4v) is 17.9. The van der Waals surface area contributed by atoms with E-state index >= 15 is 0 Å². The van der Waals surface area contributed by atoms with Crippen molar-refractivity contribution >= 4 is 95.3 Å². The van der Waals surface area contributed by atoms with Crippen LogP contribution in [-0.4, -0.2) is 0 Å². The molecular weight excluding hydrogens is 1110 g/mol. The topological polar surface area (TPSA) is 0 Å². The summed E-state index contributed by atoms with van der Waals surface area (Å²) in [6, 6.07) is 129. The van der Waals surface area contributed by atoms with Gasteiger partial charge in [-0.05, 0) is 95.3 Å². The third-order valence-electron chi connectivity index (χ3n) is 12.2. The molecule has 0 spiro atoms. The quantitative estimate of drug-likeness (QED) is 0.0845. The van der Waals surface area contributed by atoms with E-state index in [1.165, 1.54) is 63.7 Å². The van der Waals surface area contributed by atoms with Gasteiger partial charge < -0.3 is 0 Å². The summed E-state index contributed by atoms with van der Waals surface area (Å²) in [5.41, 5.74) is 0. The maximum Gasteiger partial charge on any atom is 0 e. The molecule has 5 heteroatoms. The molecule has 0 radical (unpaired) electrons. The molecule has 0 unspecified atom stereocenters. The van der Waals surface area contributed by atoms with E-state index in [1.54, 1.807) is 0 Å². The zero-order valence-corrected chi connectivity index (χ0v) is 47.9. The van der Waals surface area contributed by atoms with Gasteiger partial charge in [0.1, 0.15) is 0 Å². The monoisotopic (exact) mass is 1170 g/mol. The van der Waals surface area contributed by atoms with E-state index in [1.807, 2.05) is 0 Å². The van der Waals surface area contributed by atoms with Crippen molar-refractivity contribution in [3.8, 4) is 0 Å². The van der Waals surface area contributed by atoms with E-state index in [9.17, 15) is 0 Å². The van der Waals surface area contributed by atoms with Crippen molar-refractivity contribution in [2.75, 3.05) is 0 Å². The smallest absolute Gasteiger partial charge is 0 e. The number of benzene rings is 12. The summed E-state index contributed by atoms with van der Waals surface area (Å²) in [7, 11) is -1.78. The summed E-state index contributed by atoms with van der Waals surface area (Å²) in [5.74, 6) is 0. The largest absolute Gasteiger partial charge is 0.0776 e. The first kappa shape index (κ1) is 58.7. The molecule has 386 valence electrons. The van der Waals surface area contributed by atoms with Crippen molar-refractivity contribution in [1.82, 2.24) is 0 Å². The van der Waals surface area contributed by atoms with E-state index in [0.717, 1.165) is 0 Å². The standard InChI is InChI=1S/4C18H15P.CH4.Pd/c4*1-4-10-16(11-5-1)19(17-12-6-2-7-13-17)18-14-8-3-9-15-18;;/h4*1-15H;1H4;. The predicted molar refractivity (Wildman–Crippen MR) is 347 cm³/mol. The van der Waals surface area contributed by atoms with E-state index in [2.05, 4.69) is 364 Å². The zero-order chi connectivity index (χ0) is 51.7. The fraction of sp³-hybridized carbons (Fsp3) is 0.0137. The molecule has 0 saturated heterocycles. The Morgan fingerprint density at radius 1 is 0.115 bits per heavy atom. The predicted octanol–water partition coefficient (Wildman–Crippen LogP) is 14.4. The van der Waals surface area contributed by atoms with Crippen molar-refractivity contribution in [1.29, 1.82) is 0 Å². The second-order valence-electron chi connectivity index (χ2n) is 17.4. The Kier molecular flexibility index (Phi) is 24.6. The summed E-state index contributed by atoms with van der Waals surface area (Å²) >= 11 is 0. The maximum atomic E-state index is 2.23. The van der Waals surface area contributed by atoms with E-state index in [-0.39, 0.29) is 27.8 Å². The zero-order valence-electron chi connectivity index (χ0n) is 42.7. The van der Waals surface area contributed by atoms with E-state index < -0.39 is 31.7 Å². The minimum Gasteiger partial charge on any atom is -0.0776 e. The molecule has 12 aromatic rings. The first-order valence-corrected chi connectivity index (χ1v) is 31.0. The molecule has 0 amide bonds. The number of hydrogen-bond donors (Lipinski definition) is 0. The minimum atomic E-state index is -0.446. The van der Waals surface area contributed by atoms with Crippen LogP contribution >= 0.6 is 31.7 Å². The molecule has 0 aromatic heterocycles. The molecule has 0 heterocycles. The molecule has 12 aromatic carbocycles. The Hall–Kier alpha value is -6.98. The molecule has 0 atom stereocenters. The van der Waals surface area contributed by atoms with Gasteiger partial charge in [-0.2, -0.15) is 0 Å². The number of rotatable bonds is 12. The molecular formula is C73H64P4Pd. The molecule has 0 aliphatic carbocycles. The number of hydrogen-bond acceptors (Lipinski definition) is 0. The Morgan fingerprint density at radius 3 is 0.244 bits per heavy atom. The van der Waals surface area contributed by atoms with Gasteiger partial charge in [0.15, 0.2) is 0 Å². The van der Waals surface area contributed by atoms with Crippen molar-refractivity contribution in [2.45, 2.75) is 7.43 Å². The molecule has 0 bridgehead atoms. The summed E-state index contributed by atoms with van der Waals surface area (Å²) in [6.07, 6.45) is 0. The van der Waals surface area contributed by atoms with Crippen LogP contribution in [0.5, 0.6) is 0 Å². The molecule has 12 rings (SSSR count). The molecule has 0 N–H and O–H groups in total. The normalized spacial score (nSPS) is 10.3. The fourth-order valence-electron chi connectivity index (χ4n) is 8.71. The van der Waals surface area contributed by atoms with Crippen LogP contribution in [0.1, 0.15) is 7.43 Å². The Balaban J connectivity index is 0.000000149. The molecule has 0 saturated carbocycles. The van der Waals surface area contributed by atoms with Crippen LogP contribution in [0, 0.1) is 0 Å². The van der Waals surface area contributed by atoms with Gasteiger partial charge in [0, 0.05) is 20.4 Å². The van der Waals surface area contributed by atoms with Crippen molar-refractivity contribution < 1.29 is 20.4 Å². The third-order valence-corrected chi connectivity index (χ3v) is 21.9. The van der Waals surface area contributed by atoms with Crippen LogP contribution in [-0.2, 0) is 20.4 Å². The van der Waals surface area contributed by atoms with Crippen molar-refractivity contribution in [3.05, 3.63) is 364 Å². The van der Waals surface area contributed by atoms with E-state index in [0.29, 0.717) is 0 Å². The van der Waals surface area contributed by atoms with Crippen LogP contribution in [0.4, 0.5) is 0 Å². The SMILES string of the molecule is C.[Pd].c1ccc(P(c2ccccc2)c2ccccc2)cc1.c1ccc(P(c2ccccc2)c2ccccc2)cc1.c1ccc(P(c2ccccc2)c2ccccc2)cc1.c1ccc(P(c2ccccc2)c2ccccc2)cc1. The molecule has 0 aliphatic rings. The average Bonchev–Trinajstić information content (AvgIpc) is 3.51. The van der Waals surface area contributed by atoms with Crippen molar-refractivity contribution in [3.63, 3.8) is 0 Å². The van der Waals surface area contributed by atoms with Crippen LogP contribution < -0.4 is 63.7 Å². The summed E-state index contributed by atoms with van der Waals surface area (Å²) in [5, 5.41) is 16.8. The van der Waals surface area contributed by atoms with Gasteiger partial charge in [-0.1, -0.05) is 371 Å². The second kappa shape index (κ2) is 32.7. The van der Waals surface area contributed by atoms with Gasteiger partial charge in [-0.3, -0.25) is 0 Å². The first-order valence-electron chi connectivity index (χ1n) is 25.6. The van der Waals surface area contributed by atoms with Gasteiger partial charge in [-0.15, -0.1) is 0 Å². The van der Waals surface area contributed by atoms with E-state index in [4.69, 9.17) is 0 Å². The van der Waals surface area contributed by atoms with Crippen LogP contribution in [0.2, 0.25) is 0 Å². The maximum absolute atomic E-state index is 2.23. The Labute approximate surface area is 483 Å². The Bertz CT molecular complexity index is 2580. The second-order valence-corrected chi connectivity index (χ2v) is 26.2. The van der Waals surface area contributed by atoms with Gasteiger partial charge in [-0.25, -0.2) is 0 Å². The van der Waals surface area contributed by atoms with Crippen LogP contribution in [0.15, 0.2) is 364 Å². The first-order chi connectivity index (χ1) is 37.8. The summed E-state index contributed by atoms with van der Waals surface area (Å²) in [4.78, 5) is 0. The van der Waals surface area contributed by atoms with Crippen LogP contribution in [0.25, 0.3) is 0 Å². The van der Waals surface area contributed by atoms with Gasteiger partial charge in [0.25, 0.3) is 0 Å². The summed E-state index contributed by atoms with van der Waals surface area (Å²) in [6.45, 7) is 0. The molecule has 0 nitrogen and oxygen atoms in total. The Morgan fingerprint density at radius 2 is 0.179 bits per heavy atom. The van der Waals surface area contributed by atoms with Gasteiger partial charge >= 0.3 is 0 Å².